The van der Waals surface area contributed by atoms with E-state index >= 15 is 0 Å². The molecule has 3 aromatic heterocycles. The van der Waals surface area contributed by atoms with Gasteiger partial charge in [0.15, 0.2) is 0 Å². The van der Waals surface area contributed by atoms with Crippen molar-refractivity contribution in [1.29, 1.82) is 0 Å². The molecule has 0 bridgehead atoms. The predicted octanol–water partition coefficient (Wildman–Crippen LogP) is 6.19. The zero-order chi connectivity index (χ0) is 16.8. The summed E-state index contributed by atoms with van der Waals surface area (Å²) in [6.45, 7) is 0.868. The lowest BCUT2D eigenvalue weighted by Gasteiger charge is -2.07. The number of halogens is 1. The largest absolute Gasteiger partial charge is 0.384 e. The van der Waals surface area contributed by atoms with Crippen LogP contribution in [-0.4, -0.2) is 16.5 Å². The first-order chi connectivity index (χ1) is 12.3. The van der Waals surface area contributed by atoms with E-state index in [4.69, 9.17) is 4.98 Å². The fraction of sp³-hybridized carbons (Fsp3) is 0.105. The minimum atomic E-state index is 0.236. The van der Waals surface area contributed by atoms with Crippen molar-refractivity contribution in [2.45, 2.75) is 5.92 Å². The third-order valence-electron chi connectivity index (χ3n) is 4.46. The second-order valence-corrected chi connectivity index (χ2v) is 8.78. The Kier molecular flexibility index (Phi) is 3.77. The van der Waals surface area contributed by atoms with Gasteiger partial charge in [0.05, 0.1) is 21.4 Å². The Morgan fingerprint density at radius 1 is 1.04 bits per heavy atom. The van der Waals surface area contributed by atoms with E-state index in [1.807, 2.05) is 0 Å². The number of anilines is 1. The van der Waals surface area contributed by atoms with E-state index in [1.165, 1.54) is 21.0 Å². The molecule has 3 nitrogen and oxygen atoms in total. The number of fused-ring (bicyclic) bond motifs is 1. The third-order valence-corrected chi connectivity index (χ3v) is 6.72. The summed E-state index contributed by atoms with van der Waals surface area (Å²) in [6, 6.07) is 14.8. The van der Waals surface area contributed by atoms with E-state index < -0.39 is 0 Å². The fourth-order valence-corrected chi connectivity index (χ4v) is 5.12. The minimum Gasteiger partial charge on any atom is -0.384 e. The van der Waals surface area contributed by atoms with Gasteiger partial charge >= 0.3 is 0 Å². The van der Waals surface area contributed by atoms with E-state index in [0.717, 1.165) is 28.2 Å². The van der Waals surface area contributed by atoms with E-state index in [0.29, 0.717) is 0 Å². The van der Waals surface area contributed by atoms with Gasteiger partial charge in [0.2, 0.25) is 0 Å². The zero-order valence-corrected chi connectivity index (χ0v) is 16.3. The topological polar surface area (TPSA) is 40.7 Å². The number of thiophene rings is 2. The van der Waals surface area contributed by atoms with Crippen LogP contribution in [0.3, 0.4) is 0 Å². The lowest BCUT2D eigenvalue weighted by atomic mass is 10.0. The number of benzene rings is 1. The third kappa shape index (κ3) is 2.65. The molecule has 5 rings (SSSR count). The smallest absolute Gasteiger partial charge is 0.116 e. The van der Waals surface area contributed by atoms with Gasteiger partial charge in [-0.05, 0) is 46.7 Å². The van der Waals surface area contributed by atoms with Crippen molar-refractivity contribution in [1.82, 2.24) is 9.97 Å². The Morgan fingerprint density at radius 3 is 2.60 bits per heavy atom. The van der Waals surface area contributed by atoms with Crippen LogP contribution in [0.15, 0.2) is 57.7 Å². The lowest BCUT2D eigenvalue weighted by molar-refractivity contribution is 0.832. The van der Waals surface area contributed by atoms with Gasteiger partial charge in [0.1, 0.15) is 11.5 Å². The van der Waals surface area contributed by atoms with Gasteiger partial charge in [-0.1, -0.05) is 28.1 Å². The van der Waals surface area contributed by atoms with Gasteiger partial charge in [0, 0.05) is 16.7 Å². The second kappa shape index (κ2) is 6.12. The summed E-state index contributed by atoms with van der Waals surface area (Å²) in [6.07, 6.45) is 0. The summed E-state index contributed by atoms with van der Waals surface area (Å²) >= 11 is 7.06. The molecule has 0 saturated carbocycles. The van der Waals surface area contributed by atoms with Gasteiger partial charge in [-0.25, -0.2) is 4.98 Å². The van der Waals surface area contributed by atoms with Gasteiger partial charge in [0.25, 0.3) is 0 Å². The average molecular weight is 428 g/mol. The Hall–Kier alpha value is -1.89. The van der Waals surface area contributed by atoms with Crippen LogP contribution in [0.4, 0.5) is 5.69 Å². The molecular formula is C19H14BrN3S2. The monoisotopic (exact) mass is 427 g/mol. The molecule has 0 saturated heterocycles. The SMILES string of the molecule is Brc1ccc2c(c1)C(c1nc(-c3cccs3)c(-c3cccs3)[nH]1)CN2. The Bertz CT molecular complexity index is 968. The molecular weight excluding hydrogens is 414 g/mol. The minimum absolute atomic E-state index is 0.236. The summed E-state index contributed by atoms with van der Waals surface area (Å²) < 4.78 is 1.10. The van der Waals surface area contributed by atoms with Gasteiger partial charge < -0.3 is 10.3 Å². The molecule has 1 unspecified atom stereocenters. The van der Waals surface area contributed by atoms with Gasteiger partial charge in [-0.15, -0.1) is 22.7 Å². The highest BCUT2D eigenvalue weighted by Crippen LogP contribution is 2.41. The van der Waals surface area contributed by atoms with Crippen LogP contribution in [0.5, 0.6) is 0 Å². The predicted molar refractivity (Wildman–Crippen MR) is 110 cm³/mol. The molecule has 1 aliphatic heterocycles. The maximum Gasteiger partial charge on any atom is 0.116 e. The van der Waals surface area contributed by atoms with E-state index in [1.54, 1.807) is 22.7 Å². The number of aromatic nitrogens is 2. The summed E-state index contributed by atoms with van der Waals surface area (Å²) in [5.74, 6) is 1.26. The number of nitrogens with zero attached hydrogens (tertiary/aromatic N) is 1. The molecule has 0 fully saturated rings. The highest BCUT2D eigenvalue weighted by molar-refractivity contribution is 9.10. The molecule has 1 aliphatic rings. The Morgan fingerprint density at radius 2 is 1.84 bits per heavy atom. The highest BCUT2D eigenvalue weighted by atomic mass is 79.9. The van der Waals surface area contributed by atoms with Crippen molar-refractivity contribution < 1.29 is 0 Å². The molecule has 4 aromatic rings. The summed E-state index contributed by atoms with van der Waals surface area (Å²) in [5, 5.41) is 7.71. The summed E-state index contributed by atoms with van der Waals surface area (Å²) in [5.41, 5.74) is 4.66. The van der Waals surface area contributed by atoms with Crippen molar-refractivity contribution in [3.8, 4) is 21.1 Å². The van der Waals surface area contributed by atoms with Crippen molar-refractivity contribution >= 4 is 44.3 Å². The number of nitrogens with one attached hydrogen (secondary N) is 2. The average Bonchev–Trinajstić information content (AvgIpc) is 3.37. The van der Waals surface area contributed by atoms with Crippen molar-refractivity contribution in [2.24, 2.45) is 0 Å². The first-order valence-corrected chi connectivity index (χ1v) is 10.6. The number of rotatable bonds is 3. The number of hydrogen-bond acceptors (Lipinski definition) is 4. The standard InChI is InChI=1S/C19H14BrN3S2/c20-11-5-6-14-12(9-11)13(10-21-14)19-22-17(15-3-1-7-24-15)18(23-19)16-4-2-8-25-16/h1-9,13,21H,10H2,(H,22,23). The fourth-order valence-electron chi connectivity index (χ4n) is 3.30. The molecule has 6 heteroatoms. The van der Waals surface area contributed by atoms with Gasteiger partial charge in [-0.2, -0.15) is 0 Å². The number of hydrogen-bond donors (Lipinski definition) is 2. The molecule has 124 valence electrons. The van der Waals surface area contributed by atoms with Crippen molar-refractivity contribution in [3.05, 3.63) is 69.1 Å². The molecule has 25 heavy (non-hydrogen) atoms. The lowest BCUT2D eigenvalue weighted by Crippen LogP contribution is -2.05. The Labute approximate surface area is 161 Å². The van der Waals surface area contributed by atoms with E-state index in [9.17, 15) is 0 Å². The van der Waals surface area contributed by atoms with Crippen LogP contribution >= 0.6 is 38.6 Å². The van der Waals surface area contributed by atoms with E-state index in [2.05, 4.69) is 79.5 Å². The van der Waals surface area contributed by atoms with Crippen LogP contribution in [0.1, 0.15) is 17.3 Å². The number of H-pyrrole nitrogens is 1. The molecule has 0 amide bonds. The van der Waals surface area contributed by atoms with Crippen LogP contribution < -0.4 is 5.32 Å². The molecule has 1 aromatic carbocycles. The van der Waals surface area contributed by atoms with Crippen molar-refractivity contribution in [2.75, 3.05) is 11.9 Å². The second-order valence-electron chi connectivity index (χ2n) is 5.97. The number of imidazole rings is 1. The van der Waals surface area contributed by atoms with Gasteiger partial charge in [-0.3, -0.25) is 0 Å². The summed E-state index contributed by atoms with van der Waals surface area (Å²) in [4.78, 5) is 11.1. The van der Waals surface area contributed by atoms with Crippen LogP contribution in [-0.2, 0) is 0 Å². The quantitative estimate of drug-likeness (QED) is 0.409. The maximum atomic E-state index is 5.03. The first kappa shape index (κ1) is 15.4. The van der Waals surface area contributed by atoms with E-state index in [-0.39, 0.29) is 5.92 Å². The normalized spacial score (nSPS) is 16.0. The molecule has 2 N–H and O–H groups in total. The van der Waals surface area contributed by atoms with Crippen LogP contribution in [0.25, 0.3) is 21.1 Å². The maximum absolute atomic E-state index is 5.03. The highest BCUT2D eigenvalue weighted by Gasteiger charge is 2.28. The molecule has 0 aliphatic carbocycles. The van der Waals surface area contributed by atoms with Crippen molar-refractivity contribution in [3.63, 3.8) is 0 Å². The molecule has 0 spiro atoms. The van der Waals surface area contributed by atoms with Crippen LogP contribution in [0, 0.1) is 0 Å². The zero-order valence-electron chi connectivity index (χ0n) is 13.1. The molecule has 1 atom stereocenters. The first-order valence-electron chi connectivity index (χ1n) is 8.00. The number of aromatic amines is 1. The van der Waals surface area contributed by atoms with Crippen LogP contribution in [0.2, 0.25) is 0 Å². The molecule has 4 heterocycles. The molecule has 0 radical (unpaired) electrons. The summed E-state index contributed by atoms with van der Waals surface area (Å²) in [7, 11) is 0. The Balaban J connectivity index is 1.65.